The highest BCUT2D eigenvalue weighted by Crippen LogP contribution is 1.90. The van der Waals surface area contributed by atoms with Crippen molar-refractivity contribution in [3.8, 4) is 0 Å². The second-order valence-electron chi connectivity index (χ2n) is 1.97. The lowest BCUT2D eigenvalue weighted by Crippen LogP contribution is -2.06. The predicted molar refractivity (Wildman–Crippen MR) is 37.8 cm³/mol. The van der Waals surface area contributed by atoms with Crippen LogP contribution in [0.25, 0.3) is 0 Å². The quantitative estimate of drug-likeness (QED) is 0.649. The van der Waals surface area contributed by atoms with Crippen molar-refractivity contribution in [2.75, 3.05) is 7.11 Å². The second kappa shape index (κ2) is 3.17. The van der Waals surface area contributed by atoms with E-state index in [0.29, 0.717) is 6.61 Å². The molecule has 0 saturated carbocycles. The third kappa shape index (κ3) is 1.70. The Bertz CT molecular complexity index is 254. The molecule has 0 aliphatic carbocycles. The molecule has 3 heteroatoms. The van der Waals surface area contributed by atoms with E-state index in [0.717, 1.165) is 5.69 Å². The average molecular weight is 139 g/mol. The van der Waals surface area contributed by atoms with E-state index < -0.39 is 0 Å². The minimum Gasteiger partial charge on any atom is -0.378 e. The Labute approximate surface area is 58.7 Å². The summed E-state index contributed by atoms with van der Waals surface area (Å²) in [6.45, 7) is 0.454. The van der Waals surface area contributed by atoms with Crippen LogP contribution in [0.15, 0.2) is 23.0 Å². The number of hydrogen-bond acceptors (Lipinski definition) is 2. The van der Waals surface area contributed by atoms with Crippen molar-refractivity contribution in [1.82, 2.24) is 4.98 Å². The fraction of sp³-hybridized carbons (Fsp3) is 0.286. The number of ether oxygens (including phenoxy) is 1. The van der Waals surface area contributed by atoms with E-state index in [2.05, 4.69) is 4.98 Å². The first kappa shape index (κ1) is 7.02. The third-order valence-corrected chi connectivity index (χ3v) is 1.13. The molecule has 0 bridgehead atoms. The van der Waals surface area contributed by atoms with E-state index in [4.69, 9.17) is 4.74 Å². The van der Waals surface area contributed by atoms with Gasteiger partial charge in [-0.2, -0.15) is 0 Å². The molecule has 0 aliphatic rings. The van der Waals surface area contributed by atoms with Crippen molar-refractivity contribution in [2.24, 2.45) is 0 Å². The summed E-state index contributed by atoms with van der Waals surface area (Å²) >= 11 is 0. The maximum atomic E-state index is 10.7. The van der Waals surface area contributed by atoms with Crippen molar-refractivity contribution in [1.29, 1.82) is 0 Å². The number of pyridine rings is 1. The van der Waals surface area contributed by atoms with Crippen LogP contribution in [0.3, 0.4) is 0 Å². The van der Waals surface area contributed by atoms with E-state index in [1.807, 2.05) is 6.07 Å². The second-order valence-corrected chi connectivity index (χ2v) is 1.97. The fourth-order valence-electron chi connectivity index (χ4n) is 0.733. The monoisotopic (exact) mass is 139 g/mol. The molecule has 1 N–H and O–H groups in total. The van der Waals surface area contributed by atoms with Gasteiger partial charge in [-0.1, -0.05) is 6.07 Å². The molecule has 0 atom stereocenters. The highest BCUT2D eigenvalue weighted by atomic mass is 16.5. The molecule has 0 saturated heterocycles. The van der Waals surface area contributed by atoms with Crippen LogP contribution in [0.1, 0.15) is 5.69 Å². The van der Waals surface area contributed by atoms with E-state index in [-0.39, 0.29) is 5.56 Å². The minimum atomic E-state index is -0.0884. The van der Waals surface area contributed by atoms with Crippen molar-refractivity contribution in [3.63, 3.8) is 0 Å². The molecular formula is C7H9NO2. The molecule has 3 nitrogen and oxygen atoms in total. The molecule has 0 amide bonds. The molecule has 1 rings (SSSR count). The molecule has 0 aromatic carbocycles. The molecule has 0 spiro atoms. The molecule has 1 aromatic heterocycles. The van der Waals surface area contributed by atoms with Gasteiger partial charge < -0.3 is 9.72 Å². The standard InChI is InChI=1S/C7H9NO2/c1-10-5-6-3-2-4-7(9)8-6/h2-4H,5H2,1H3,(H,8,9). The number of hydrogen-bond donors (Lipinski definition) is 1. The zero-order valence-electron chi connectivity index (χ0n) is 5.76. The number of aromatic amines is 1. The van der Waals surface area contributed by atoms with Crippen LogP contribution in [0.4, 0.5) is 0 Å². The molecule has 1 aromatic rings. The Kier molecular flexibility index (Phi) is 2.23. The van der Waals surface area contributed by atoms with Gasteiger partial charge in [-0.15, -0.1) is 0 Å². The van der Waals surface area contributed by atoms with E-state index in [1.165, 1.54) is 6.07 Å². The smallest absolute Gasteiger partial charge is 0.248 e. The Morgan fingerprint density at radius 3 is 3.00 bits per heavy atom. The lowest BCUT2D eigenvalue weighted by atomic mass is 10.4. The van der Waals surface area contributed by atoms with Gasteiger partial charge in [0.05, 0.1) is 6.61 Å². The summed E-state index contributed by atoms with van der Waals surface area (Å²) in [4.78, 5) is 13.3. The van der Waals surface area contributed by atoms with Gasteiger partial charge in [0.2, 0.25) is 5.56 Å². The van der Waals surface area contributed by atoms with Crippen molar-refractivity contribution in [3.05, 3.63) is 34.2 Å². The van der Waals surface area contributed by atoms with Gasteiger partial charge in [-0.05, 0) is 6.07 Å². The number of methoxy groups -OCH3 is 1. The maximum Gasteiger partial charge on any atom is 0.248 e. The zero-order chi connectivity index (χ0) is 7.40. The Morgan fingerprint density at radius 2 is 2.40 bits per heavy atom. The largest absolute Gasteiger partial charge is 0.378 e. The summed E-state index contributed by atoms with van der Waals surface area (Å²) in [7, 11) is 1.59. The summed E-state index contributed by atoms with van der Waals surface area (Å²) in [5.74, 6) is 0. The van der Waals surface area contributed by atoms with E-state index in [1.54, 1.807) is 13.2 Å². The maximum absolute atomic E-state index is 10.7. The highest BCUT2D eigenvalue weighted by molar-refractivity contribution is 5.02. The van der Waals surface area contributed by atoms with Crippen molar-refractivity contribution in [2.45, 2.75) is 6.61 Å². The molecular weight excluding hydrogens is 130 g/mol. The van der Waals surface area contributed by atoms with Crippen LogP contribution < -0.4 is 5.56 Å². The normalized spacial score (nSPS) is 9.70. The van der Waals surface area contributed by atoms with Gasteiger partial charge in [0, 0.05) is 18.9 Å². The van der Waals surface area contributed by atoms with E-state index >= 15 is 0 Å². The number of H-pyrrole nitrogens is 1. The topological polar surface area (TPSA) is 42.1 Å². The molecule has 54 valence electrons. The number of nitrogens with one attached hydrogen (secondary N) is 1. The summed E-state index contributed by atoms with van der Waals surface area (Å²) in [5, 5.41) is 0. The van der Waals surface area contributed by atoms with Crippen LogP contribution in [0.2, 0.25) is 0 Å². The first-order valence-electron chi connectivity index (χ1n) is 3.00. The van der Waals surface area contributed by atoms with Gasteiger partial charge in [0.1, 0.15) is 0 Å². The predicted octanol–water partition coefficient (Wildman–Crippen LogP) is 0.521. The van der Waals surface area contributed by atoms with Gasteiger partial charge in [-0.25, -0.2) is 0 Å². The summed E-state index contributed by atoms with van der Waals surface area (Å²) in [5.41, 5.74) is 0.713. The number of rotatable bonds is 2. The van der Waals surface area contributed by atoms with Crippen LogP contribution in [0.5, 0.6) is 0 Å². The zero-order valence-corrected chi connectivity index (χ0v) is 5.76. The van der Waals surface area contributed by atoms with Crippen LogP contribution in [0, 0.1) is 0 Å². The van der Waals surface area contributed by atoms with Crippen molar-refractivity contribution < 1.29 is 4.74 Å². The van der Waals surface area contributed by atoms with Crippen LogP contribution in [-0.2, 0) is 11.3 Å². The fourth-order valence-corrected chi connectivity index (χ4v) is 0.733. The molecule has 1 heterocycles. The summed E-state index contributed by atoms with van der Waals surface area (Å²) in [6, 6.07) is 4.98. The Morgan fingerprint density at radius 1 is 1.60 bits per heavy atom. The SMILES string of the molecule is COCc1cccc(=O)[nH]1. The van der Waals surface area contributed by atoms with Crippen LogP contribution >= 0.6 is 0 Å². The molecule has 0 aliphatic heterocycles. The van der Waals surface area contributed by atoms with Crippen molar-refractivity contribution >= 4 is 0 Å². The van der Waals surface area contributed by atoms with Gasteiger partial charge in [-0.3, -0.25) is 4.79 Å². The Hall–Kier alpha value is -1.09. The minimum absolute atomic E-state index is 0.0884. The van der Waals surface area contributed by atoms with Gasteiger partial charge in [0.25, 0.3) is 0 Å². The third-order valence-electron chi connectivity index (χ3n) is 1.13. The van der Waals surface area contributed by atoms with E-state index in [9.17, 15) is 4.79 Å². The summed E-state index contributed by atoms with van der Waals surface area (Å²) < 4.78 is 4.81. The molecule has 0 fully saturated rings. The molecule has 0 radical (unpaired) electrons. The Balaban J connectivity index is 2.85. The first-order valence-corrected chi connectivity index (χ1v) is 3.00. The average Bonchev–Trinajstić information content (AvgIpc) is 1.88. The first-order chi connectivity index (χ1) is 4.83. The van der Waals surface area contributed by atoms with Gasteiger partial charge >= 0.3 is 0 Å². The van der Waals surface area contributed by atoms with Gasteiger partial charge in [0.15, 0.2) is 0 Å². The lowest BCUT2D eigenvalue weighted by molar-refractivity contribution is 0.181. The highest BCUT2D eigenvalue weighted by Gasteiger charge is 1.88. The number of aromatic nitrogens is 1. The lowest BCUT2D eigenvalue weighted by Gasteiger charge is -1.95. The molecule has 10 heavy (non-hydrogen) atoms. The molecule has 0 unspecified atom stereocenters. The van der Waals surface area contributed by atoms with Crippen LogP contribution in [-0.4, -0.2) is 12.1 Å². The summed E-state index contributed by atoms with van der Waals surface area (Å²) in [6.07, 6.45) is 0.